The number of halogens is 1. The number of rotatable bonds is 5. The third kappa shape index (κ3) is 3.19. The summed E-state index contributed by atoms with van der Waals surface area (Å²) >= 11 is 0. The highest BCUT2D eigenvalue weighted by Gasteiger charge is 2.09. The Morgan fingerprint density at radius 1 is 1.00 bits per heavy atom. The molecule has 0 bridgehead atoms. The van der Waals surface area contributed by atoms with Gasteiger partial charge in [0, 0.05) is 18.2 Å². The maximum Gasteiger partial charge on any atom is 0.254 e. The second-order valence-electron chi connectivity index (χ2n) is 5.63. The Morgan fingerprint density at radius 3 is 2.64 bits per heavy atom. The smallest absolute Gasteiger partial charge is 0.254 e. The average molecular weight is 333 g/mol. The second-order valence-corrected chi connectivity index (χ2v) is 5.63. The highest BCUT2D eigenvalue weighted by Crippen LogP contribution is 2.21. The molecule has 2 heterocycles. The number of nitrogens with zero attached hydrogens (tertiary/aromatic N) is 4. The molecule has 0 unspecified atom stereocenters. The Labute approximate surface area is 144 Å². The SMILES string of the molecule is Fc1ccccc1CCNc1cc(-c2ccccc2)nc2ncnn12. The molecule has 0 atom stereocenters. The van der Waals surface area contributed by atoms with Crippen LogP contribution in [0.25, 0.3) is 17.0 Å². The van der Waals surface area contributed by atoms with Crippen molar-refractivity contribution in [3.8, 4) is 11.3 Å². The minimum atomic E-state index is -0.185. The lowest BCUT2D eigenvalue weighted by molar-refractivity contribution is 0.610. The standard InChI is InChI=1S/C19H16FN5/c20-16-9-5-4-6-14(16)10-11-21-18-12-17(15-7-2-1-3-8-15)24-19-22-13-23-25(18)19/h1-9,12-13,21H,10-11H2. The van der Waals surface area contributed by atoms with Crippen molar-refractivity contribution in [3.63, 3.8) is 0 Å². The molecule has 0 aliphatic rings. The van der Waals surface area contributed by atoms with E-state index in [0.717, 1.165) is 17.1 Å². The quantitative estimate of drug-likeness (QED) is 0.606. The van der Waals surface area contributed by atoms with Crippen molar-refractivity contribution in [2.75, 3.05) is 11.9 Å². The number of nitrogens with one attached hydrogen (secondary N) is 1. The minimum Gasteiger partial charge on any atom is -0.370 e. The van der Waals surface area contributed by atoms with Crippen molar-refractivity contribution in [2.24, 2.45) is 0 Å². The van der Waals surface area contributed by atoms with Crippen LogP contribution in [0.2, 0.25) is 0 Å². The summed E-state index contributed by atoms with van der Waals surface area (Å²) in [6, 6.07) is 18.6. The first-order chi connectivity index (χ1) is 12.3. The fourth-order valence-corrected chi connectivity index (χ4v) is 2.72. The van der Waals surface area contributed by atoms with Gasteiger partial charge in [-0.05, 0) is 18.1 Å². The van der Waals surface area contributed by atoms with Gasteiger partial charge in [0.1, 0.15) is 18.0 Å². The maximum absolute atomic E-state index is 13.7. The van der Waals surface area contributed by atoms with E-state index in [4.69, 9.17) is 0 Å². The van der Waals surface area contributed by atoms with Crippen molar-refractivity contribution in [3.05, 3.63) is 78.4 Å². The molecule has 2 aromatic heterocycles. The molecular weight excluding hydrogens is 317 g/mol. The Bertz CT molecular complexity index is 997. The number of aromatic nitrogens is 4. The molecule has 0 aliphatic heterocycles. The highest BCUT2D eigenvalue weighted by molar-refractivity contribution is 5.65. The summed E-state index contributed by atoms with van der Waals surface area (Å²) in [7, 11) is 0. The van der Waals surface area contributed by atoms with Gasteiger partial charge in [0.05, 0.1) is 5.69 Å². The summed E-state index contributed by atoms with van der Waals surface area (Å²) in [5.74, 6) is 1.11. The lowest BCUT2D eigenvalue weighted by Crippen LogP contribution is -2.10. The molecule has 5 nitrogen and oxygen atoms in total. The van der Waals surface area contributed by atoms with Crippen LogP contribution in [0.3, 0.4) is 0 Å². The molecular formula is C19H16FN5. The fourth-order valence-electron chi connectivity index (χ4n) is 2.72. The van der Waals surface area contributed by atoms with Gasteiger partial charge in [-0.1, -0.05) is 48.5 Å². The zero-order valence-electron chi connectivity index (χ0n) is 13.4. The fraction of sp³-hybridized carbons (Fsp3) is 0.105. The number of hydrogen-bond acceptors (Lipinski definition) is 4. The lowest BCUT2D eigenvalue weighted by Gasteiger charge is -2.10. The first-order valence-electron chi connectivity index (χ1n) is 8.05. The summed E-state index contributed by atoms with van der Waals surface area (Å²) in [6.07, 6.45) is 2.05. The number of hydrogen-bond donors (Lipinski definition) is 1. The van der Waals surface area contributed by atoms with Crippen LogP contribution in [0, 0.1) is 5.82 Å². The Kier molecular flexibility index (Phi) is 4.08. The summed E-state index contributed by atoms with van der Waals surface area (Å²) < 4.78 is 15.4. The predicted octanol–water partition coefficient (Wildman–Crippen LogP) is 3.59. The van der Waals surface area contributed by atoms with Crippen molar-refractivity contribution < 1.29 is 4.39 Å². The van der Waals surface area contributed by atoms with Gasteiger partial charge < -0.3 is 5.32 Å². The molecule has 1 N–H and O–H groups in total. The van der Waals surface area contributed by atoms with Gasteiger partial charge in [0.25, 0.3) is 5.78 Å². The first kappa shape index (κ1) is 15.3. The number of benzene rings is 2. The van der Waals surface area contributed by atoms with Crippen molar-refractivity contribution in [1.82, 2.24) is 19.6 Å². The van der Waals surface area contributed by atoms with Gasteiger partial charge >= 0.3 is 0 Å². The van der Waals surface area contributed by atoms with E-state index in [9.17, 15) is 4.39 Å². The largest absolute Gasteiger partial charge is 0.370 e. The first-order valence-corrected chi connectivity index (χ1v) is 8.05. The summed E-state index contributed by atoms with van der Waals surface area (Å²) in [4.78, 5) is 8.72. The van der Waals surface area contributed by atoms with Crippen LogP contribution in [0.15, 0.2) is 67.0 Å². The van der Waals surface area contributed by atoms with Crippen LogP contribution in [-0.4, -0.2) is 26.1 Å². The summed E-state index contributed by atoms with van der Waals surface area (Å²) in [6.45, 7) is 0.578. The maximum atomic E-state index is 13.7. The normalized spacial score (nSPS) is 10.9. The monoisotopic (exact) mass is 333 g/mol. The van der Waals surface area contributed by atoms with Gasteiger partial charge in [-0.2, -0.15) is 14.6 Å². The van der Waals surface area contributed by atoms with Crippen LogP contribution < -0.4 is 5.32 Å². The molecule has 2 aromatic carbocycles. The molecule has 0 fully saturated rings. The molecule has 0 aliphatic carbocycles. The van der Waals surface area contributed by atoms with E-state index in [-0.39, 0.29) is 5.82 Å². The molecule has 0 spiro atoms. The molecule has 0 amide bonds. The molecule has 4 rings (SSSR count). The van der Waals surface area contributed by atoms with Crippen molar-refractivity contribution in [2.45, 2.75) is 6.42 Å². The van der Waals surface area contributed by atoms with Gasteiger partial charge in [0.15, 0.2) is 0 Å². The second kappa shape index (κ2) is 6.68. The predicted molar refractivity (Wildman–Crippen MR) is 94.8 cm³/mol. The number of fused-ring (bicyclic) bond motifs is 1. The van der Waals surface area contributed by atoms with E-state index in [2.05, 4.69) is 20.4 Å². The minimum absolute atomic E-state index is 0.185. The molecule has 25 heavy (non-hydrogen) atoms. The topological polar surface area (TPSA) is 55.1 Å². The van der Waals surface area contributed by atoms with Crippen LogP contribution in [0.4, 0.5) is 10.2 Å². The third-order valence-electron chi connectivity index (χ3n) is 3.98. The molecule has 124 valence electrons. The molecule has 0 saturated heterocycles. The van der Waals surface area contributed by atoms with Crippen LogP contribution in [-0.2, 0) is 6.42 Å². The van der Waals surface area contributed by atoms with Gasteiger partial charge in [0.2, 0.25) is 0 Å². The highest BCUT2D eigenvalue weighted by atomic mass is 19.1. The zero-order valence-corrected chi connectivity index (χ0v) is 13.4. The van der Waals surface area contributed by atoms with E-state index in [1.807, 2.05) is 42.5 Å². The van der Waals surface area contributed by atoms with Crippen LogP contribution in [0.5, 0.6) is 0 Å². The van der Waals surface area contributed by atoms with Crippen molar-refractivity contribution in [1.29, 1.82) is 0 Å². The van der Waals surface area contributed by atoms with E-state index in [1.54, 1.807) is 16.6 Å². The average Bonchev–Trinajstić information content (AvgIpc) is 3.13. The molecule has 0 saturated carbocycles. The summed E-state index contributed by atoms with van der Waals surface area (Å²) in [5.41, 5.74) is 2.50. The number of anilines is 1. The van der Waals surface area contributed by atoms with Crippen LogP contribution in [0.1, 0.15) is 5.56 Å². The third-order valence-corrected chi connectivity index (χ3v) is 3.98. The Hall–Kier alpha value is -3.28. The zero-order chi connectivity index (χ0) is 17.1. The lowest BCUT2D eigenvalue weighted by atomic mass is 10.1. The molecule has 4 aromatic rings. The van der Waals surface area contributed by atoms with Gasteiger partial charge in [-0.15, -0.1) is 0 Å². The van der Waals surface area contributed by atoms with E-state index < -0.39 is 0 Å². The Balaban J connectivity index is 1.60. The van der Waals surface area contributed by atoms with E-state index >= 15 is 0 Å². The Morgan fingerprint density at radius 2 is 1.80 bits per heavy atom. The van der Waals surface area contributed by atoms with Crippen molar-refractivity contribution >= 4 is 11.6 Å². The van der Waals surface area contributed by atoms with Gasteiger partial charge in [-0.25, -0.2) is 9.37 Å². The van der Waals surface area contributed by atoms with E-state index in [1.165, 1.54) is 12.4 Å². The van der Waals surface area contributed by atoms with Gasteiger partial charge in [-0.3, -0.25) is 0 Å². The molecule has 0 radical (unpaired) electrons. The summed E-state index contributed by atoms with van der Waals surface area (Å²) in [5, 5.41) is 7.52. The van der Waals surface area contributed by atoms with Crippen LogP contribution >= 0.6 is 0 Å². The molecule has 6 heteroatoms. The van der Waals surface area contributed by atoms with E-state index in [0.29, 0.717) is 24.3 Å².